The Kier molecular flexibility index (Phi) is 12.0. The lowest BCUT2D eigenvalue weighted by Gasteiger charge is -2.43. The van der Waals surface area contributed by atoms with Crippen LogP contribution < -0.4 is 20.7 Å². The molecule has 4 aromatic rings. The van der Waals surface area contributed by atoms with Gasteiger partial charge in [0.25, 0.3) is 0 Å². The van der Waals surface area contributed by atoms with Crippen molar-refractivity contribution in [2.24, 2.45) is 0 Å². The van der Waals surface area contributed by atoms with Crippen LogP contribution in [0.5, 0.6) is 0 Å². The zero-order chi connectivity index (χ0) is 32.1. The molecule has 0 aromatic heterocycles. The zero-order valence-corrected chi connectivity index (χ0v) is 28.2. The SMILES string of the molecule is C=C(C)C(=O)OCCC[Si](O[Si](CCCOC(=O)C(=C)C)(c1ccccc1)c1ccccc1)(c1ccccc1)c1ccccc1. The van der Waals surface area contributed by atoms with Crippen molar-refractivity contribution < 1.29 is 23.2 Å². The molecule has 0 aliphatic rings. The van der Waals surface area contributed by atoms with E-state index in [0.29, 0.717) is 36.1 Å². The average molecular weight is 635 g/mol. The standard InChI is InChI=1S/C38H42O5Si2/c1-31(2)37(39)41-27-17-29-44(33-19-9-5-10-20-33,34-21-11-6-12-22-34)43-45(35-23-13-7-14-24-35,36-25-15-8-16-26-36)30-18-28-42-38(40)32(3)4/h5-16,19-26H,1,3,17-18,27-30H2,2,4H3. The first-order valence-electron chi connectivity index (χ1n) is 15.4. The summed E-state index contributed by atoms with van der Waals surface area (Å²) < 4.78 is 19.2. The summed E-state index contributed by atoms with van der Waals surface area (Å²) in [6, 6.07) is 43.4. The Morgan fingerprint density at radius 3 is 1.02 bits per heavy atom. The van der Waals surface area contributed by atoms with Crippen LogP contribution in [0.25, 0.3) is 0 Å². The fourth-order valence-corrected chi connectivity index (χ4v) is 16.7. The Balaban J connectivity index is 1.88. The monoisotopic (exact) mass is 634 g/mol. The Labute approximate surface area is 269 Å². The van der Waals surface area contributed by atoms with Crippen molar-refractivity contribution in [2.45, 2.75) is 38.8 Å². The van der Waals surface area contributed by atoms with Crippen molar-refractivity contribution in [1.82, 2.24) is 0 Å². The van der Waals surface area contributed by atoms with E-state index >= 15 is 0 Å². The number of carbonyl (C=O) groups excluding carboxylic acids is 2. The summed E-state index contributed by atoms with van der Waals surface area (Å²) in [7, 11) is -6.04. The number of benzene rings is 4. The smallest absolute Gasteiger partial charge is 0.333 e. The van der Waals surface area contributed by atoms with E-state index in [2.05, 4.69) is 110 Å². The molecule has 0 bridgehead atoms. The Bertz CT molecular complexity index is 1360. The van der Waals surface area contributed by atoms with Gasteiger partial charge in [-0.1, -0.05) is 134 Å². The Hall–Kier alpha value is -4.31. The van der Waals surface area contributed by atoms with Gasteiger partial charge in [0.05, 0.1) is 13.2 Å². The molecule has 0 aliphatic heterocycles. The summed E-state index contributed by atoms with van der Waals surface area (Å²) in [6.45, 7) is 11.3. The van der Waals surface area contributed by atoms with Crippen LogP contribution in [0.2, 0.25) is 12.1 Å². The van der Waals surface area contributed by atoms with E-state index in [1.807, 2.05) is 24.3 Å². The Morgan fingerprint density at radius 2 is 0.778 bits per heavy atom. The van der Waals surface area contributed by atoms with Crippen LogP contribution in [0.4, 0.5) is 0 Å². The van der Waals surface area contributed by atoms with E-state index in [0.717, 1.165) is 20.7 Å². The lowest BCUT2D eigenvalue weighted by atomic mass is 10.4. The second-order valence-electron chi connectivity index (χ2n) is 11.3. The van der Waals surface area contributed by atoms with Crippen LogP contribution >= 0.6 is 0 Å². The number of esters is 2. The van der Waals surface area contributed by atoms with Gasteiger partial charge in [-0.15, -0.1) is 0 Å². The van der Waals surface area contributed by atoms with E-state index < -0.39 is 16.6 Å². The van der Waals surface area contributed by atoms with E-state index in [1.165, 1.54) is 0 Å². The van der Waals surface area contributed by atoms with Crippen LogP contribution in [0.15, 0.2) is 146 Å². The van der Waals surface area contributed by atoms with Gasteiger partial charge in [-0.05, 0) is 59.5 Å². The largest absolute Gasteiger partial charge is 0.462 e. The number of hydrogen-bond donors (Lipinski definition) is 0. The van der Waals surface area contributed by atoms with Crippen molar-refractivity contribution in [2.75, 3.05) is 13.2 Å². The molecule has 232 valence electrons. The number of ether oxygens (including phenoxy) is 2. The molecule has 0 spiro atoms. The fourth-order valence-electron chi connectivity index (χ4n) is 5.59. The Morgan fingerprint density at radius 1 is 0.511 bits per heavy atom. The molecule has 0 amide bonds. The molecular formula is C38H42O5Si2. The first kappa shape index (κ1) is 33.6. The number of rotatable bonds is 16. The highest BCUT2D eigenvalue weighted by Crippen LogP contribution is 2.26. The first-order valence-corrected chi connectivity index (χ1v) is 19.6. The third-order valence-electron chi connectivity index (χ3n) is 7.82. The third kappa shape index (κ3) is 8.45. The highest BCUT2D eigenvalue weighted by Gasteiger charge is 2.50. The number of carbonyl (C=O) groups is 2. The molecule has 0 radical (unpaired) electrons. The fraction of sp³-hybridized carbons (Fsp3) is 0.211. The zero-order valence-electron chi connectivity index (χ0n) is 26.2. The maximum atomic E-state index is 12.3. The minimum atomic E-state index is -3.02. The summed E-state index contributed by atoms with van der Waals surface area (Å²) in [5.41, 5.74) is 0.764. The summed E-state index contributed by atoms with van der Waals surface area (Å²) in [5.74, 6) is -0.770. The van der Waals surface area contributed by atoms with Crippen molar-refractivity contribution in [3.63, 3.8) is 0 Å². The van der Waals surface area contributed by atoms with Gasteiger partial charge in [0, 0.05) is 11.1 Å². The molecule has 0 unspecified atom stereocenters. The summed E-state index contributed by atoms with van der Waals surface area (Å²) in [6.07, 6.45) is 1.25. The second kappa shape index (κ2) is 16.1. The van der Waals surface area contributed by atoms with Crippen LogP contribution in [-0.2, 0) is 23.2 Å². The van der Waals surface area contributed by atoms with E-state index in [1.54, 1.807) is 13.8 Å². The molecule has 0 N–H and O–H groups in total. The van der Waals surface area contributed by atoms with Gasteiger partial charge >= 0.3 is 11.9 Å². The van der Waals surface area contributed by atoms with Gasteiger partial charge in [0.15, 0.2) is 0 Å². The molecule has 0 heterocycles. The predicted molar refractivity (Wildman–Crippen MR) is 187 cm³/mol. The third-order valence-corrected chi connectivity index (χ3v) is 17.8. The highest BCUT2D eigenvalue weighted by atomic mass is 28.4. The molecule has 0 saturated carbocycles. The minimum absolute atomic E-state index is 0.269. The van der Waals surface area contributed by atoms with Crippen LogP contribution in [0.1, 0.15) is 26.7 Å². The van der Waals surface area contributed by atoms with Crippen LogP contribution in [0, 0.1) is 0 Å². The summed E-state index contributed by atoms with van der Waals surface area (Å²) in [4.78, 5) is 24.5. The highest BCUT2D eigenvalue weighted by molar-refractivity contribution is 7.09. The van der Waals surface area contributed by atoms with Gasteiger partial charge in [-0.2, -0.15) is 0 Å². The quantitative estimate of drug-likeness (QED) is 0.0701. The van der Waals surface area contributed by atoms with Crippen LogP contribution in [0.3, 0.4) is 0 Å². The molecule has 4 rings (SSSR count). The normalized spacial score (nSPS) is 11.4. The van der Waals surface area contributed by atoms with Crippen LogP contribution in [-0.4, -0.2) is 41.8 Å². The van der Waals surface area contributed by atoms with Gasteiger partial charge < -0.3 is 13.6 Å². The van der Waals surface area contributed by atoms with Gasteiger partial charge in [0.1, 0.15) is 0 Å². The molecule has 0 saturated heterocycles. The lowest BCUT2D eigenvalue weighted by Crippen LogP contribution is -2.72. The van der Waals surface area contributed by atoms with Gasteiger partial charge in [0.2, 0.25) is 16.6 Å². The molecule has 5 nitrogen and oxygen atoms in total. The van der Waals surface area contributed by atoms with Gasteiger partial charge in [-0.25, -0.2) is 9.59 Å². The van der Waals surface area contributed by atoms with Crippen molar-refractivity contribution in [3.8, 4) is 0 Å². The molecule has 0 fully saturated rings. The van der Waals surface area contributed by atoms with E-state index in [-0.39, 0.29) is 25.2 Å². The lowest BCUT2D eigenvalue weighted by molar-refractivity contribution is -0.139. The second-order valence-corrected chi connectivity index (χ2v) is 18.7. The summed E-state index contributed by atoms with van der Waals surface area (Å²) in [5, 5.41) is 4.61. The first-order chi connectivity index (χ1) is 21.8. The molecule has 0 aliphatic carbocycles. The number of hydrogen-bond acceptors (Lipinski definition) is 5. The summed E-state index contributed by atoms with van der Waals surface area (Å²) >= 11 is 0. The maximum absolute atomic E-state index is 12.3. The van der Waals surface area contributed by atoms with Crippen molar-refractivity contribution >= 4 is 49.3 Å². The van der Waals surface area contributed by atoms with Crippen molar-refractivity contribution in [1.29, 1.82) is 0 Å². The van der Waals surface area contributed by atoms with E-state index in [9.17, 15) is 9.59 Å². The topological polar surface area (TPSA) is 61.8 Å². The molecule has 4 aromatic carbocycles. The molecular weight excluding hydrogens is 593 g/mol. The molecule has 0 atom stereocenters. The molecule has 7 heteroatoms. The maximum Gasteiger partial charge on any atom is 0.333 e. The van der Waals surface area contributed by atoms with Crippen molar-refractivity contribution in [3.05, 3.63) is 146 Å². The minimum Gasteiger partial charge on any atom is -0.462 e. The predicted octanol–water partition coefficient (Wildman–Crippen LogP) is 5.54. The average Bonchev–Trinajstić information content (AvgIpc) is 3.08. The van der Waals surface area contributed by atoms with Gasteiger partial charge in [-0.3, -0.25) is 0 Å². The molecule has 45 heavy (non-hydrogen) atoms. The van der Waals surface area contributed by atoms with E-state index in [4.69, 9.17) is 13.6 Å².